The van der Waals surface area contributed by atoms with Crippen molar-refractivity contribution in [3.8, 4) is 0 Å². The fraction of sp³-hybridized carbons (Fsp3) is 0.0833. The number of carboxylic acids is 1. The van der Waals surface area contributed by atoms with Crippen molar-refractivity contribution in [3.63, 3.8) is 0 Å². The van der Waals surface area contributed by atoms with Gasteiger partial charge in [-0.1, -0.05) is 0 Å². The topological polar surface area (TPSA) is 83.5 Å². The Kier molecular flexibility index (Phi) is 4.97. The highest BCUT2D eigenvalue weighted by molar-refractivity contribution is 9.11. The molecule has 0 radical (unpaired) electrons. The van der Waals surface area contributed by atoms with Crippen LogP contribution in [0.2, 0.25) is 0 Å². The molecule has 0 saturated heterocycles. The molecular formula is C12H10BrNO4S3. The molecule has 0 aliphatic heterocycles. The molecule has 0 fully saturated rings. The summed E-state index contributed by atoms with van der Waals surface area (Å²) in [5.74, 6) is -1.05. The summed E-state index contributed by atoms with van der Waals surface area (Å²) in [5.41, 5.74) is 0.471. The lowest BCUT2D eigenvalue weighted by Crippen LogP contribution is -2.12. The Morgan fingerprint density at radius 2 is 2.05 bits per heavy atom. The van der Waals surface area contributed by atoms with Gasteiger partial charge in [-0.15, -0.1) is 23.1 Å². The van der Waals surface area contributed by atoms with Gasteiger partial charge in [0.1, 0.15) is 4.21 Å². The quantitative estimate of drug-likeness (QED) is 0.737. The minimum absolute atomic E-state index is 0.112. The number of carbonyl (C=O) groups is 1. The minimum Gasteiger partial charge on any atom is -0.478 e. The van der Waals surface area contributed by atoms with E-state index >= 15 is 0 Å². The highest BCUT2D eigenvalue weighted by Gasteiger charge is 2.19. The maximum Gasteiger partial charge on any atom is 0.335 e. The molecule has 9 heteroatoms. The molecule has 21 heavy (non-hydrogen) atoms. The highest BCUT2D eigenvalue weighted by atomic mass is 79.9. The summed E-state index contributed by atoms with van der Waals surface area (Å²) in [7, 11) is -3.68. The van der Waals surface area contributed by atoms with Gasteiger partial charge in [0, 0.05) is 4.90 Å². The number of hydrogen-bond donors (Lipinski definition) is 2. The Morgan fingerprint density at radius 1 is 1.33 bits per heavy atom. The number of halogens is 1. The predicted octanol–water partition coefficient (Wildman–Crippen LogP) is 3.73. The first-order chi connectivity index (χ1) is 9.83. The van der Waals surface area contributed by atoms with Crippen LogP contribution in [0.3, 0.4) is 0 Å². The summed E-state index contributed by atoms with van der Waals surface area (Å²) in [5, 5.41) is 8.96. The van der Waals surface area contributed by atoms with Crippen molar-refractivity contribution in [1.29, 1.82) is 0 Å². The van der Waals surface area contributed by atoms with Crippen LogP contribution in [0.4, 0.5) is 5.69 Å². The standard InChI is InChI=1S/C12H10BrNO4S3/c1-19-9-6-7(12(15)16)2-3-8(9)14-21(17,18)11-5-4-10(13)20-11/h2-6,14H,1H3,(H,15,16). The normalized spacial score (nSPS) is 11.3. The summed E-state index contributed by atoms with van der Waals surface area (Å²) in [6.07, 6.45) is 1.75. The lowest BCUT2D eigenvalue weighted by molar-refractivity contribution is 0.0696. The molecule has 2 rings (SSSR count). The van der Waals surface area contributed by atoms with Crippen molar-refractivity contribution in [3.05, 3.63) is 39.7 Å². The maximum absolute atomic E-state index is 12.3. The molecular weight excluding hydrogens is 398 g/mol. The molecule has 0 aliphatic rings. The van der Waals surface area contributed by atoms with Gasteiger partial charge in [-0.25, -0.2) is 13.2 Å². The number of aromatic carboxylic acids is 1. The van der Waals surface area contributed by atoms with Crippen LogP contribution >= 0.6 is 39.0 Å². The molecule has 5 nitrogen and oxygen atoms in total. The molecule has 2 aromatic rings. The van der Waals surface area contributed by atoms with Crippen LogP contribution in [0.15, 0.2) is 43.2 Å². The first-order valence-corrected chi connectivity index (χ1v) is 9.85. The van der Waals surface area contributed by atoms with Gasteiger partial charge in [0.05, 0.1) is 15.0 Å². The number of thioether (sulfide) groups is 1. The Morgan fingerprint density at radius 3 is 2.57 bits per heavy atom. The van der Waals surface area contributed by atoms with Gasteiger partial charge in [-0.3, -0.25) is 4.72 Å². The second kappa shape index (κ2) is 6.39. The largest absolute Gasteiger partial charge is 0.478 e. The highest BCUT2D eigenvalue weighted by Crippen LogP contribution is 2.31. The van der Waals surface area contributed by atoms with Gasteiger partial charge in [-0.05, 0) is 52.5 Å². The van der Waals surface area contributed by atoms with Crippen LogP contribution in [0.25, 0.3) is 0 Å². The molecule has 2 N–H and O–H groups in total. The van der Waals surface area contributed by atoms with Crippen LogP contribution in [0, 0.1) is 0 Å². The van der Waals surface area contributed by atoms with Gasteiger partial charge in [-0.2, -0.15) is 0 Å². The Bertz CT molecular complexity index is 786. The molecule has 0 bridgehead atoms. The Labute approximate surface area is 138 Å². The third kappa shape index (κ3) is 3.79. The van der Waals surface area contributed by atoms with E-state index in [0.717, 1.165) is 11.3 Å². The SMILES string of the molecule is CSc1cc(C(=O)O)ccc1NS(=O)(=O)c1ccc(Br)s1. The van der Waals surface area contributed by atoms with Crippen LogP contribution in [-0.2, 0) is 10.0 Å². The fourth-order valence-corrected chi connectivity index (χ4v) is 5.28. The summed E-state index contributed by atoms with van der Waals surface area (Å²) in [6.45, 7) is 0. The molecule has 0 saturated carbocycles. The van der Waals surface area contributed by atoms with Crippen molar-refractivity contribution in [1.82, 2.24) is 0 Å². The van der Waals surface area contributed by atoms with Crippen molar-refractivity contribution in [2.24, 2.45) is 0 Å². The van der Waals surface area contributed by atoms with Gasteiger partial charge < -0.3 is 5.11 Å². The Hall–Kier alpha value is -1.03. The summed E-state index contributed by atoms with van der Waals surface area (Å²) in [4.78, 5) is 11.5. The van der Waals surface area contributed by atoms with Crippen molar-refractivity contribution in [2.75, 3.05) is 11.0 Å². The van der Waals surface area contributed by atoms with Crippen molar-refractivity contribution < 1.29 is 18.3 Å². The number of nitrogens with one attached hydrogen (secondary N) is 1. The number of sulfonamides is 1. The van der Waals surface area contributed by atoms with E-state index < -0.39 is 16.0 Å². The van der Waals surface area contributed by atoms with Crippen molar-refractivity contribution >= 4 is 60.7 Å². The number of rotatable bonds is 5. The number of carboxylic acid groups (broad SMARTS) is 1. The van der Waals surface area contributed by atoms with E-state index in [4.69, 9.17) is 5.11 Å². The summed E-state index contributed by atoms with van der Waals surface area (Å²) >= 11 is 5.59. The van der Waals surface area contributed by atoms with Gasteiger partial charge in [0.15, 0.2) is 0 Å². The predicted molar refractivity (Wildman–Crippen MR) is 88.0 cm³/mol. The summed E-state index contributed by atoms with van der Waals surface area (Å²) in [6, 6.07) is 7.42. The second-order valence-electron chi connectivity index (χ2n) is 3.88. The lowest BCUT2D eigenvalue weighted by atomic mass is 10.2. The van der Waals surface area contributed by atoms with E-state index in [-0.39, 0.29) is 9.77 Å². The third-order valence-corrected chi connectivity index (χ3v) is 6.76. The maximum atomic E-state index is 12.3. The zero-order chi connectivity index (χ0) is 15.6. The van der Waals surface area contributed by atoms with Crippen LogP contribution in [-0.4, -0.2) is 25.7 Å². The molecule has 112 valence electrons. The van der Waals surface area contributed by atoms with Crippen LogP contribution < -0.4 is 4.72 Å². The first kappa shape index (κ1) is 16.3. The molecule has 1 heterocycles. The minimum atomic E-state index is -3.68. The third-order valence-electron chi connectivity index (χ3n) is 2.51. The number of anilines is 1. The van der Waals surface area contributed by atoms with E-state index in [9.17, 15) is 13.2 Å². The number of benzene rings is 1. The molecule has 0 spiro atoms. The molecule has 1 aromatic carbocycles. The van der Waals surface area contributed by atoms with E-state index in [1.54, 1.807) is 12.3 Å². The van der Waals surface area contributed by atoms with Gasteiger partial charge in [0.25, 0.3) is 10.0 Å². The van der Waals surface area contributed by atoms with Crippen LogP contribution in [0.1, 0.15) is 10.4 Å². The van der Waals surface area contributed by atoms with Crippen molar-refractivity contribution in [2.45, 2.75) is 9.10 Å². The molecule has 1 aromatic heterocycles. The van der Waals surface area contributed by atoms with E-state index in [1.807, 2.05) is 0 Å². The smallest absolute Gasteiger partial charge is 0.335 e. The molecule has 0 unspecified atom stereocenters. The van der Waals surface area contributed by atoms with Gasteiger partial charge in [0.2, 0.25) is 0 Å². The first-order valence-electron chi connectivity index (χ1n) is 5.53. The Balaban J connectivity index is 2.37. The van der Waals surface area contributed by atoms with E-state index in [2.05, 4.69) is 20.7 Å². The van der Waals surface area contributed by atoms with Gasteiger partial charge >= 0.3 is 5.97 Å². The zero-order valence-electron chi connectivity index (χ0n) is 10.7. The van der Waals surface area contributed by atoms with Crippen LogP contribution in [0.5, 0.6) is 0 Å². The zero-order valence-corrected chi connectivity index (χ0v) is 14.7. The molecule has 0 aliphatic carbocycles. The monoisotopic (exact) mass is 407 g/mol. The average Bonchev–Trinajstić information content (AvgIpc) is 2.86. The number of thiophene rings is 1. The summed E-state index contributed by atoms with van der Waals surface area (Å²) < 4.78 is 27.9. The fourth-order valence-electron chi connectivity index (χ4n) is 1.55. The van der Waals surface area contributed by atoms with E-state index in [0.29, 0.717) is 14.4 Å². The van der Waals surface area contributed by atoms with E-state index in [1.165, 1.54) is 36.0 Å². The molecule has 0 atom stereocenters. The molecule has 0 amide bonds. The lowest BCUT2D eigenvalue weighted by Gasteiger charge is -2.11. The average molecular weight is 408 g/mol. The number of hydrogen-bond acceptors (Lipinski definition) is 5. The second-order valence-corrected chi connectivity index (χ2v) is 9.10.